The minimum absolute atomic E-state index is 0.0334. The van der Waals surface area contributed by atoms with E-state index >= 15 is 0 Å². The zero-order valence-electron chi connectivity index (χ0n) is 15.1. The van der Waals surface area contributed by atoms with Crippen LogP contribution in [0.5, 0.6) is 0 Å². The SMILES string of the molecule is Cc1ccc2nc(CCC(=O)NCc3ccc(F)cc3F)n(C)c(=O)c2c1. The molecule has 0 spiro atoms. The zero-order chi connectivity index (χ0) is 19.6. The van der Waals surface area contributed by atoms with Crippen LogP contribution < -0.4 is 10.9 Å². The third kappa shape index (κ3) is 4.19. The van der Waals surface area contributed by atoms with Gasteiger partial charge in [0.2, 0.25) is 5.91 Å². The first-order chi connectivity index (χ1) is 12.8. The first kappa shape index (κ1) is 18.7. The molecule has 27 heavy (non-hydrogen) atoms. The van der Waals surface area contributed by atoms with E-state index in [1.807, 2.05) is 13.0 Å². The average Bonchev–Trinajstić information content (AvgIpc) is 2.63. The van der Waals surface area contributed by atoms with Crippen molar-refractivity contribution in [1.82, 2.24) is 14.9 Å². The molecule has 3 rings (SSSR count). The van der Waals surface area contributed by atoms with Crippen molar-refractivity contribution >= 4 is 16.8 Å². The van der Waals surface area contributed by atoms with Crippen molar-refractivity contribution in [2.24, 2.45) is 7.05 Å². The number of nitrogens with one attached hydrogen (secondary N) is 1. The van der Waals surface area contributed by atoms with E-state index in [-0.39, 0.29) is 36.4 Å². The number of amides is 1. The molecule has 140 valence electrons. The van der Waals surface area contributed by atoms with Crippen molar-refractivity contribution in [2.75, 3.05) is 0 Å². The lowest BCUT2D eigenvalue weighted by Gasteiger charge is -2.10. The summed E-state index contributed by atoms with van der Waals surface area (Å²) in [6.45, 7) is 1.87. The van der Waals surface area contributed by atoms with Crippen LogP contribution in [0.25, 0.3) is 10.9 Å². The number of rotatable bonds is 5. The van der Waals surface area contributed by atoms with Gasteiger partial charge in [-0.05, 0) is 25.1 Å². The van der Waals surface area contributed by atoms with Gasteiger partial charge in [0.25, 0.3) is 5.56 Å². The number of benzene rings is 2. The summed E-state index contributed by atoms with van der Waals surface area (Å²) in [6.07, 6.45) is 0.369. The molecule has 0 aliphatic heterocycles. The molecule has 1 heterocycles. The van der Waals surface area contributed by atoms with Crippen molar-refractivity contribution in [3.63, 3.8) is 0 Å². The Morgan fingerprint density at radius 1 is 1.19 bits per heavy atom. The van der Waals surface area contributed by atoms with E-state index in [4.69, 9.17) is 0 Å². The van der Waals surface area contributed by atoms with Crippen LogP contribution in [0.1, 0.15) is 23.4 Å². The fourth-order valence-electron chi connectivity index (χ4n) is 2.83. The van der Waals surface area contributed by atoms with E-state index in [0.29, 0.717) is 16.7 Å². The molecule has 0 saturated heterocycles. The summed E-state index contributed by atoms with van der Waals surface area (Å²) in [4.78, 5) is 29.0. The molecule has 0 radical (unpaired) electrons. The number of nitrogens with zero attached hydrogens (tertiary/aromatic N) is 2. The molecule has 0 aliphatic rings. The molecule has 0 aliphatic carbocycles. The van der Waals surface area contributed by atoms with Crippen molar-refractivity contribution < 1.29 is 13.6 Å². The van der Waals surface area contributed by atoms with Crippen LogP contribution in [0.15, 0.2) is 41.2 Å². The fraction of sp³-hybridized carbons (Fsp3) is 0.250. The molecule has 0 bridgehead atoms. The summed E-state index contributed by atoms with van der Waals surface area (Å²) >= 11 is 0. The number of hydrogen-bond donors (Lipinski definition) is 1. The van der Waals surface area contributed by atoms with E-state index in [2.05, 4.69) is 10.3 Å². The molecular weight excluding hydrogens is 352 g/mol. The number of halogens is 2. The van der Waals surface area contributed by atoms with E-state index < -0.39 is 11.6 Å². The third-order valence-electron chi connectivity index (χ3n) is 4.39. The van der Waals surface area contributed by atoms with Crippen LogP contribution in [0.4, 0.5) is 8.78 Å². The second-order valence-electron chi connectivity index (χ2n) is 6.43. The van der Waals surface area contributed by atoms with Gasteiger partial charge in [-0.25, -0.2) is 13.8 Å². The fourth-order valence-corrected chi connectivity index (χ4v) is 2.83. The number of aromatic nitrogens is 2. The second-order valence-corrected chi connectivity index (χ2v) is 6.43. The predicted molar refractivity (Wildman–Crippen MR) is 98.2 cm³/mol. The number of hydrogen-bond acceptors (Lipinski definition) is 3. The number of fused-ring (bicyclic) bond motifs is 1. The molecule has 3 aromatic rings. The second kappa shape index (κ2) is 7.65. The van der Waals surface area contributed by atoms with Gasteiger partial charge >= 0.3 is 0 Å². The minimum Gasteiger partial charge on any atom is -0.352 e. The highest BCUT2D eigenvalue weighted by molar-refractivity contribution is 5.79. The highest BCUT2D eigenvalue weighted by Gasteiger charge is 2.11. The van der Waals surface area contributed by atoms with Crippen LogP contribution in [0.3, 0.4) is 0 Å². The Morgan fingerprint density at radius 3 is 2.70 bits per heavy atom. The highest BCUT2D eigenvalue weighted by Crippen LogP contribution is 2.12. The van der Waals surface area contributed by atoms with Gasteiger partial charge in [-0.2, -0.15) is 0 Å². The monoisotopic (exact) mass is 371 g/mol. The van der Waals surface area contributed by atoms with Crippen LogP contribution in [0.2, 0.25) is 0 Å². The molecular formula is C20H19F2N3O2. The largest absolute Gasteiger partial charge is 0.352 e. The quantitative estimate of drug-likeness (QED) is 0.750. The van der Waals surface area contributed by atoms with Gasteiger partial charge in [-0.3, -0.25) is 14.2 Å². The van der Waals surface area contributed by atoms with Gasteiger partial charge in [0.1, 0.15) is 17.5 Å². The van der Waals surface area contributed by atoms with Gasteiger partial charge in [0.05, 0.1) is 10.9 Å². The van der Waals surface area contributed by atoms with E-state index in [1.165, 1.54) is 10.6 Å². The van der Waals surface area contributed by atoms with Crippen LogP contribution in [-0.2, 0) is 24.8 Å². The molecule has 1 aromatic heterocycles. The highest BCUT2D eigenvalue weighted by atomic mass is 19.1. The standard InChI is InChI=1S/C20H19F2N3O2/c1-12-3-6-17-15(9-12)20(27)25(2)18(24-17)7-8-19(26)23-11-13-4-5-14(21)10-16(13)22/h3-6,9-10H,7-8,11H2,1-2H3,(H,23,26). The Kier molecular flexibility index (Phi) is 5.30. The Hall–Kier alpha value is -3.09. The summed E-state index contributed by atoms with van der Waals surface area (Å²) in [5.74, 6) is -1.18. The number of aryl methyl sites for hydroxylation is 2. The van der Waals surface area contributed by atoms with E-state index in [0.717, 1.165) is 17.7 Å². The third-order valence-corrected chi connectivity index (χ3v) is 4.39. The van der Waals surface area contributed by atoms with Crippen molar-refractivity contribution in [3.05, 3.63) is 75.3 Å². The number of carbonyl (C=O) groups is 1. The topological polar surface area (TPSA) is 64.0 Å². The van der Waals surface area contributed by atoms with Gasteiger partial charge in [0, 0.05) is 38.1 Å². The summed E-state index contributed by atoms with van der Waals surface area (Å²) in [7, 11) is 1.62. The minimum atomic E-state index is -0.704. The summed E-state index contributed by atoms with van der Waals surface area (Å²) in [5, 5.41) is 3.13. The van der Waals surface area contributed by atoms with Crippen LogP contribution in [0, 0.1) is 18.6 Å². The molecule has 0 fully saturated rings. The molecule has 1 N–H and O–H groups in total. The van der Waals surface area contributed by atoms with Gasteiger partial charge in [-0.15, -0.1) is 0 Å². The van der Waals surface area contributed by atoms with Gasteiger partial charge in [0.15, 0.2) is 0 Å². The maximum Gasteiger partial charge on any atom is 0.261 e. The first-order valence-corrected chi connectivity index (χ1v) is 8.52. The molecule has 2 aromatic carbocycles. The van der Waals surface area contributed by atoms with Crippen molar-refractivity contribution in [1.29, 1.82) is 0 Å². The summed E-state index contributed by atoms with van der Waals surface area (Å²) in [6, 6.07) is 8.66. The Balaban J connectivity index is 1.67. The lowest BCUT2D eigenvalue weighted by molar-refractivity contribution is -0.121. The Labute approximate surface area is 154 Å². The van der Waals surface area contributed by atoms with Crippen molar-refractivity contribution in [2.45, 2.75) is 26.3 Å². The molecule has 0 saturated carbocycles. The maximum atomic E-state index is 13.6. The summed E-state index contributed by atoms with van der Waals surface area (Å²) in [5.41, 5.74) is 1.61. The van der Waals surface area contributed by atoms with E-state index in [1.54, 1.807) is 19.2 Å². The molecule has 5 nitrogen and oxygen atoms in total. The van der Waals surface area contributed by atoms with Gasteiger partial charge in [-0.1, -0.05) is 17.7 Å². The van der Waals surface area contributed by atoms with E-state index in [9.17, 15) is 18.4 Å². The maximum absolute atomic E-state index is 13.6. The lowest BCUT2D eigenvalue weighted by atomic mass is 10.1. The molecule has 7 heteroatoms. The molecule has 0 unspecified atom stereocenters. The smallest absolute Gasteiger partial charge is 0.261 e. The van der Waals surface area contributed by atoms with Gasteiger partial charge < -0.3 is 5.32 Å². The number of carbonyl (C=O) groups excluding carboxylic acids is 1. The molecule has 0 atom stereocenters. The average molecular weight is 371 g/mol. The Bertz CT molecular complexity index is 1080. The zero-order valence-corrected chi connectivity index (χ0v) is 15.1. The first-order valence-electron chi connectivity index (χ1n) is 8.52. The van der Waals surface area contributed by atoms with Crippen molar-refractivity contribution in [3.8, 4) is 0 Å². The lowest BCUT2D eigenvalue weighted by Crippen LogP contribution is -2.26. The van der Waals surface area contributed by atoms with Crippen LogP contribution >= 0.6 is 0 Å². The Morgan fingerprint density at radius 2 is 1.96 bits per heavy atom. The summed E-state index contributed by atoms with van der Waals surface area (Å²) < 4.78 is 27.9. The molecule has 1 amide bonds. The predicted octanol–water partition coefficient (Wildman–Crippen LogP) is 2.77. The van der Waals surface area contributed by atoms with Crippen LogP contribution in [-0.4, -0.2) is 15.5 Å². The normalized spacial score (nSPS) is 11.0.